The van der Waals surface area contributed by atoms with Gasteiger partial charge in [-0.15, -0.1) is 0 Å². The number of nitrogens with zero attached hydrogens (tertiary/aromatic N) is 2. The van der Waals surface area contributed by atoms with E-state index in [1.807, 2.05) is 19.9 Å². The van der Waals surface area contributed by atoms with Crippen molar-refractivity contribution in [2.45, 2.75) is 26.4 Å². The highest BCUT2D eigenvalue weighted by Gasteiger charge is 2.47. The molecule has 3 atom stereocenters. The average molecular weight is 610 g/mol. The van der Waals surface area contributed by atoms with Crippen molar-refractivity contribution in [3.05, 3.63) is 58.7 Å². The van der Waals surface area contributed by atoms with Gasteiger partial charge in [-0.05, 0) is 61.6 Å². The molecule has 1 aromatic heterocycles. The van der Waals surface area contributed by atoms with Crippen LogP contribution in [-0.2, 0) is 20.8 Å². The molecule has 2 fully saturated rings. The summed E-state index contributed by atoms with van der Waals surface area (Å²) in [6, 6.07) is 10.5. The van der Waals surface area contributed by atoms with E-state index in [1.54, 1.807) is 46.3 Å². The van der Waals surface area contributed by atoms with Gasteiger partial charge in [0.2, 0.25) is 17.7 Å². The number of fused-ring (bicyclic) bond motifs is 2. The molecule has 228 valence electrons. The fourth-order valence-corrected chi connectivity index (χ4v) is 6.31. The number of benzene rings is 2. The molecule has 4 N–H and O–H groups in total. The molecule has 0 spiro atoms. The van der Waals surface area contributed by atoms with Gasteiger partial charge in [-0.2, -0.15) is 0 Å². The first-order chi connectivity index (χ1) is 20.5. The Hall–Kier alpha value is -4.25. The predicted octanol–water partition coefficient (Wildman–Crippen LogP) is 2.61. The number of carbonyl (C=O) groups is 4. The second-order valence-corrected chi connectivity index (χ2v) is 11.9. The van der Waals surface area contributed by atoms with Crippen LogP contribution in [0.1, 0.15) is 29.8 Å². The van der Waals surface area contributed by atoms with Crippen molar-refractivity contribution in [1.82, 2.24) is 20.1 Å². The summed E-state index contributed by atoms with van der Waals surface area (Å²) in [7, 11) is 1.52. The molecule has 11 nitrogen and oxygen atoms in total. The van der Waals surface area contributed by atoms with Gasteiger partial charge in [-0.1, -0.05) is 17.7 Å². The number of hydrogen-bond acceptors (Lipinski definition) is 6. The van der Waals surface area contributed by atoms with Crippen LogP contribution in [0.5, 0.6) is 11.5 Å². The quantitative estimate of drug-likeness (QED) is 0.340. The lowest BCUT2D eigenvalue weighted by Gasteiger charge is -2.39. The van der Waals surface area contributed by atoms with Crippen LogP contribution in [-0.4, -0.2) is 84.4 Å². The molecule has 4 amide bonds. The summed E-state index contributed by atoms with van der Waals surface area (Å²) in [6.07, 6.45) is 1.88. The lowest BCUT2D eigenvalue weighted by Crippen LogP contribution is -2.54. The van der Waals surface area contributed by atoms with E-state index in [0.29, 0.717) is 41.7 Å². The van der Waals surface area contributed by atoms with Crippen molar-refractivity contribution in [1.29, 1.82) is 0 Å². The summed E-state index contributed by atoms with van der Waals surface area (Å²) in [5.41, 5.74) is 7.37. The van der Waals surface area contributed by atoms with Gasteiger partial charge in [0.25, 0.3) is 5.91 Å². The second kappa shape index (κ2) is 12.5. The monoisotopic (exact) mass is 609 g/mol. The molecule has 2 saturated heterocycles. The summed E-state index contributed by atoms with van der Waals surface area (Å²) >= 11 is 6.11. The first-order valence-corrected chi connectivity index (χ1v) is 14.6. The Morgan fingerprint density at radius 2 is 1.81 bits per heavy atom. The summed E-state index contributed by atoms with van der Waals surface area (Å²) in [6.45, 7) is 4.82. The van der Waals surface area contributed by atoms with Crippen molar-refractivity contribution in [2.75, 3.05) is 39.8 Å². The normalized spacial score (nSPS) is 19.8. The Morgan fingerprint density at radius 1 is 1.05 bits per heavy atom. The van der Waals surface area contributed by atoms with Gasteiger partial charge < -0.3 is 35.3 Å². The van der Waals surface area contributed by atoms with Gasteiger partial charge in [0.05, 0.1) is 32.1 Å². The molecule has 3 heterocycles. The topological polar surface area (TPSA) is 147 Å². The van der Waals surface area contributed by atoms with Crippen molar-refractivity contribution in [2.24, 2.45) is 23.5 Å². The third kappa shape index (κ3) is 6.56. The van der Waals surface area contributed by atoms with Gasteiger partial charge in [0.1, 0.15) is 0 Å². The largest absolute Gasteiger partial charge is 0.493 e. The van der Waals surface area contributed by atoms with Crippen LogP contribution in [0.2, 0.25) is 5.02 Å². The highest BCUT2D eigenvalue weighted by Crippen LogP contribution is 2.37. The zero-order valence-corrected chi connectivity index (χ0v) is 25.1. The van der Waals surface area contributed by atoms with Gasteiger partial charge >= 0.3 is 0 Å². The number of halogens is 1. The van der Waals surface area contributed by atoms with Crippen molar-refractivity contribution in [3.63, 3.8) is 0 Å². The third-order valence-electron chi connectivity index (χ3n) is 8.14. The molecule has 0 radical (unpaired) electrons. The molecule has 3 aromatic rings. The molecule has 12 heteroatoms. The Morgan fingerprint density at radius 3 is 2.53 bits per heavy atom. The highest BCUT2D eigenvalue weighted by atomic mass is 35.5. The van der Waals surface area contributed by atoms with E-state index in [4.69, 9.17) is 26.8 Å². The number of primary amides is 1. The number of hydrogen-bond donors (Lipinski definition) is 3. The van der Waals surface area contributed by atoms with Gasteiger partial charge in [0.15, 0.2) is 11.5 Å². The van der Waals surface area contributed by atoms with Gasteiger partial charge in [-0.3, -0.25) is 19.2 Å². The summed E-state index contributed by atoms with van der Waals surface area (Å²) in [5, 5.41) is 4.11. The maximum absolute atomic E-state index is 13.6. The number of carbonyl (C=O) groups excluding carboxylic acids is 4. The molecule has 2 aliphatic rings. The number of aromatic nitrogens is 1. The molecule has 3 unspecified atom stereocenters. The first-order valence-electron chi connectivity index (χ1n) is 14.3. The average Bonchev–Trinajstić information content (AvgIpc) is 3.58. The molecule has 2 aliphatic heterocycles. The fraction of sp³-hybridized carbons (Fsp3) is 0.419. The summed E-state index contributed by atoms with van der Waals surface area (Å²) in [5.74, 6) is -1.28. The van der Waals surface area contributed by atoms with Crippen molar-refractivity contribution >= 4 is 46.1 Å². The predicted molar refractivity (Wildman–Crippen MR) is 161 cm³/mol. The minimum Gasteiger partial charge on any atom is -0.493 e. The smallest absolute Gasteiger partial charge is 0.254 e. The molecule has 5 rings (SSSR count). The minimum absolute atomic E-state index is 0.0603. The second-order valence-electron chi connectivity index (χ2n) is 11.4. The van der Waals surface area contributed by atoms with E-state index >= 15 is 0 Å². The minimum atomic E-state index is -0.657. The molecule has 0 bridgehead atoms. The van der Waals surface area contributed by atoms with E-state index in [0.717, 1.165) is 16.5 Å². The molecule has 43 heavy (non-hydrogen) atoms. The Bertz CT molecular complexity index is 1550. The van der Waals surface area contributed by atoms with Crippen molar-refractivity contribution < 1.29 is 28.7 Å². The van der Waals surface area contributed by atoms with E-state index in [2.05, 4.69) is 10.3 Å². The maximum Gasteiger partial charge on any atom is 0.254 e. The van der Waals surface area contributed by atoms with Gasteiger partial charge in [0, 0.05) is 53.9 Å². The zero-order chi connectivity index (χ0) is 30.8. The molecular formula is C31H36ClN5O6. The number of nitrogens with one attached hydrogen (secondary N) is 2. The number of likely N-dealkylation sites (tertiary alicyclic amines) is 2. The summed E-state index contributed by atoms with van der Waals surface area (Å²) < 4.78 is 11.2. The van der Waals surface area contributed by atoms with E-state index < -0.39 is 11.8 Å². The zero-order valence-electron chi connectivity index (χ0n) is 24.4. The van der Waals surface area contributed by atoms with Crippen LogP contribution in [0.15, 0.2) is 42.6 Å². The van der Waals surface area contributed by atoms with Crippen molar-refractivity contribution in [3.8, 4) is 11.5 Å². The number of rotatable bonds is 9. The number of ether oxygens (including phenoxy) is 2. The lowest BCUT2D eigenvalue weighted by molar-refractivity contribution is -0.139. The van der Waals surface area contributed by atoms with E-state index in [9.17, 15) is 19.2 Å². The van der Waals surface area contributed by atoms with Crippen LogP contribution in [0.25, 0.3) is 10.9 Å². The molecule has 2 aromatic carbocycles. The standard InChI is InChI=1S/C31H36ClN5O6/c1-17(2)43-26-7-4-18(8-27(26)42-3)31(41)37-14-20-13-36(16-24(23(20)15-37)30(40)35-12-28(33)38)29(39)9-19-11-34-25-10-21(32)5-6-22(19)25/h4-8,10-11,17,20,23-24,34H,9,12-16H2,1-3H3,(H2,33,38)(H,35,40). The Balaban J connectivity index is 1.35. The number of aromatic amines is 1. The van der Waals surface area contributed by atoms with Crippen LogP contribution < -0.4 is 20.5 Å². The summed E-state index contributed by atoms with van der Waals surface area (Å²) in [4.78, 5) is 58.5. The molecule has 0 aliphatic carbocycles. The number of piperidine rings is 1. The van der Waals surface area contributed by atoms with Gasteiger partial charge in [-0.25, -0.2) is 0 Å². The van der Waals surface area contributed by atoms with E-state index in [1.165, 1.54) is 7.11 Å². The fourth-order valence-electron chi connectivity index (χ4n) is 6.14. The number of amides is 4. The molecule has 0 saturated carbocycles. The number of methoxy groups -OCH3 is 1. The third-order valence-corrected chi connectivity index (χ3v) is 8.37. The number of nitrogens with two attached hydrogens (primary N) is 1. The van der Waals surface area contributed by atoms with Crippen LogP contribution in [0, 0.1) is 17.8 Å². The maximum atomic E-state index is 13.6. The Kier molecular flexibility index (Phi) is 8.82. The van der Waals surface area contributed by atoms with E-state index in [-0.39, 0.29) is 55.2 Å². The SMILES string of the molecule is COc1cc(C(=O)N2CC3CN(C(=O)Cc4c[nH]c5cc(Cl)ccc45)CC(C(=O)NCC(N)=O)C3C2)ccc1OC(C)C. The Labute approximate surface area is 254 Å². The van der Waals surface area contributed by atoms with Crippen LogP contribution in [0.4, 0.5) is 0 Å². The van der Waals surface area contributed by atoms with Crippen LogP contribution in [0.3, 0.4) is 0 Å². The first kappa shape index (κ1) is 30.2. The van der Waals surface area contributed by atoms with Crippen LogP contribution >= 0.6 is 11.6 Å². The lowest BCUT2D eigenvalue weighted by atomic mass is 9.79. The highest BCUT2D eigenvalue weighted by molar-refractivity contribution is 6.31. The molecular weight excluding hydrogens is 574 g/mol. The number of H-pyrrole nitrogens is 1.